The van der Waals surface area contributed by atoms with E-state index in [-0.39, 0.29) is 24.2 Å². The molecule has 2 fully saturated rings. The molecule has 0 spiro atoms. The number of thiazole rings is 1. The van der Waals surface area contributed by atoms with Crippen LogP contribution in [0.3, 0.4) is 0 Å². The molecule has 0 bridgehead atoms. The molecule has 2 aliphatic rings. The fourth-order valence-electron chi connectivity index (χ4n) is 5.23. The molecule has 1 aromatic heterocycles. The number of aryl methyl sites for hydroxylation is 1. The maximum absolute atomic E-state index is 14.2. The highest BCUT2D eigenvalue weighted by molar-refractivity contribution is 7.14. The first-order chi connectivity index (χ1) is 18.3. The topological polar surface area (TPSA) is 83.0 Å². The summed E-state index contributed by atoms with van der Waals surface area (Å²) in [5, 5.41) is 12.0. The molecular formula is C29H32FN3O4S. The van der Waals surface area contributed by atoms with Gasteiger partial charge in [0.25, 0.3) is 5.91 Å². The number of likely N-dealkylation sites (tertiary alicyclic amines) is 1. The van der Waals surface area contributed by atoms with Gasteiger partial charge in [0.2, 0.25) is 0 Å². The Morgan fingerprint density at radius 3 is 2.63 bits per heavy atom. The van der Waals surface area contributed by atoms with E-state index in [0.717, 1.165) is 42.2 Å². The Kier molecular flexibility index (Phi) is 7.65. The largest absolute Gasteiger partial charge is 0.488 e. The lowest BCUT2D eigenvalue weighted by molar-refractivity contribution is -0.142. The van der Waals surface area contributed by atoms with Gasteiger partial charge in [-0.05, 0) is 73.6 Å². The molecule has 1 N–H and O–H groups in total. The third-order valence-corrected chi connectivity index (χ3v) is 8.43. The van der Waals surface area contributed by atoms with Crippen LogP contribution in [0, 0.1) is 24.6 Å². The molecule has 2 aliphatic heterocycles. The number of aliphatic carboxylic acids is 1. The van der Waals surface area contributed by atoms with Crippen LogP contribution in [-0.4, -0.2) is 53.0 Å². The Hall–Kier alpha value is -3.46. The third kappa shape index (κ3) is 5.53. The van der Waals surface area contributed by atoms with E-state index in [1.54, 1.807) is 6.07 Å². The zero-order valence-corrected chi connectivity index (χ0v) is 22.5. The van der Waals surface area contributed by atoms with Crippen LogP contribution in [0.15, 0.2) is 41.8 Å². The van der Waals surface area contributed by atoms with Crippen molar-refractivity contribution < 1.29 is 23.8 Å². The number of nitrogens with zero attached hydrogens (tertiary/aromatic N) is 3. The fraction of sp³-hybridized carbons (Fsp3) is 0.414. The number of hydrogen-bond acceptors (Lipinski definition) is 6. The maximum Gasteiger partial charge on any atom is 0.308 e. The van der Waals surface area contributed by atoms with Gasteiger partial charge in [-0.25, -0.2) is 9.37 Å². The molecule has 2 saturated heterocycles. The lowest BCUT2D eigenvalue weighted by Crippen LogP contribution is -2.35. The average molecular weight is 538 g/mol. The van der Waals surface area contributed by atoms with E-state index in [1.165, 1.54) is 29.9 Å². The molecule has 2 unspecified atom stereocenters. The summed E-state index contributed by atoms with van der Waals surface area (Å²) in [5.74, 6) is -1.01. The van der Waals surface area contributed by atoms with Crippen LogP contribution in [0.4, 0.5) is 9.52 Å². The van der Waals surface area contributed by atoms with Crippen molar-refractivity contribution in [2.75, 3.05) is 31.1 Å². The number of carboxylic acid groups (broad SMARTS) is 1. The van der Waals surface area contributed by atoms with Gasteiger partial charge in [-0.3, -0.25) is 9.59 Å². The summed E-state index contributed by atoms with van der Waals surface area (Å²) >= 11 is 1.41. The molecule has 5 rings (SSSR count). The molecule has 200 valence electrons. The summed E-state index contributed by atoms with van der Waals surface area (Å²) in [5.41, 5.74) is 3.73. The normalized spacial score (nSPS) is 19.6. The van der Waals surface area contributed by atoms with Gasteiger partial charge in [-0.2, -0.15) is 0 Å². The Labute approximate surface area is 225 Å². The van der Waals surface area contributed by atoms with Gasteiger partial charge in [0, 0.05) is 42.7 Å². The summed E-state index contributed by atoms with van der Waals surface area (Å²) in [6.07, 6.45) is 3.28. The predicted molar refractivity (Wildman–Crippen MR) is 145 cm³/mol. The van der Waals surface area contributed by atoms with E-state index in [2.05, 4.69) is 0 Å². The SMILES string of the molecule is Cc1cc(C(=O)N2CCCCC2)ccc1COc1ccc(F)cc1-c1csc(N2CC(C)C(C(=O)O)C2)n1. The first-order valence-corrected chi connectivity index (χ1v) is 13.9. The van der Waals surface area contributed by atoms with Crippen molar-refractivity contribution in [3.05, 3.63) is 64.3 Å². The van der Waals surface area contributed by atoms with Gasteiger partial charge >= 0.3 is 5.97 Å². The predicted octanol–water partition coefficient (Wildman–Crippen LogP) is 5.62. The lowest BCUT2D eigenvalue weighted by Gasteiger charge is -2.27. The molecule has 0 aliphatic carbocycles. The number of carboxylic acids is 1. The molecule has 3 heterocycles. The molecule has 7 nitrogen and oxygen atoms in total. The van der Waals surface area contributed by atoms with Gasteiger partial charge in [-0.15, -0.1) is 11.3 Å². The minimum atomic E-state index is -0.795. The summed E-state index contributed by atoms with van der Waals surface area (Å²) in [6, 6.07) is 10.1. The maximum atomic E-state index is 14.2. The van der Waals surface area contributed by atoms with Crippen LogP contribution in [0.1, 0.15) is 47.7 Å². The molecule has 9 heteroatoms. The molecule has 2 atom stereocenters. The molecule has 1 amide bonds. The van der Waals surface area contributed by atoms with Gasteiger partial charge in [0.1, 0.15) is 18.2 Å². The average Bonchev–Trinajstić information content (AvgIpc) is 3.55. The van der Waals surface area contributed by atoms with Gasteiger partial charge in [0.15, 0.2) is 5.13 Å². The van der Waals surface area contributed by atoms with E-state index in [9.17, 15) is 19.1 Å². The Balaban J connectivity index is 1.30. The minimum absolute atomic E-state index is 0.0256. The van der Waals surface area contributed by atoms with Crippen molar-refractivity contribution in [1.82, 2.24) is 9.88 Å². The quantitative estimate of drug-likeness (QED) is 0.421. The number of amides is 1. The second-order valence-corrected chi connectivity index (χ2v) is 11.1. The fourth-order valence-corrected chi connectivity index (χ4v) is 6.08. The number of anilines is 1. The third-order valence-electron chi connectivity index (χ3n) is 7.53. The summed E-state index contributed by atoms with van der Waals surface area (Å²) < 4.78 is 20.4. The second kappa shape index (κ2) is 11.1. The van der Waals surface area contributed by atoms with Gasteiger partial charge in [0.05, 0.1) is 11.6 Å². The van der Waals surface area contributed by atoms with Crippen molar-refractivity contribution in [3.8, 4) is 17.0 Å². The molecule has 3 aromatic rings. The van der Waals surface area contributed by atoms with Gasteiger partial charge < -0.3 is 19.6 Å². The van der Waals surface area contributed by atoms with Crippen molar-refractivity contribution in [2.45, 2.75) is 39.7 Å². The van der Waals surface area contributed by atoms with E-state index in [1.807, 2.05) is 47.2 Å². The van der Waals surface area contributed by atoms with E-state index in [4.69, 9.17) is 9.72 Å². The number of benzene rings is 2. The van der Waals surface area contributed by atoms with Crippen molar-refractivity contribution in [3.63, 3.8) is 0 Å². The van der Waals surface area contributed by atoms with Crippen LogP contribution in [0.2, 0.25) is 0 Å². The lowest BCUT2D eigenvalue weighted by atomic mass is 9.99. The second-order valence-electron chi connectivity index (χ2n) is 10.3. The zero-order valence-electron chi connectivity index (χ0n) is 21.7. The molecule has 2 aromatic carbocycles. The number of halogens is 1. The minimum Gasteiger partial charge on any atom is -0.488 e. The Morgan fingerprint density at radius 2 is 1.92 bits per heavy atom. The van der Waals surface area contributed by atoms with Crippen LogP contribution in [0.5, 0.6) is 5.75 Å². The highest BCUT2D eigenvalue weighted by atomic mass is 32.1. The zero-order chi connectivity index (χ0) is 26.8. The number of aromatic nitrogens is 1. The van der Waals surface area contributed by atoms with E-state index >= 15 is 0 Å². The monoisotopic (exact) mass is 537 g/mol. The summed E-state index contributed by atoms with van der Waals surface area (Å²) in [6.45, 7) is 6.81. The van der Waals surface area contributed by atoms with E-state index in [0.29, 0.717) is 35.7 Å². The van der Waals surface area contributed by atoms with Crippen molar-refractivity contribution in [2.24, 2.45) is 11.8 Å². The molecule has 0 saturated carbocycles. The molecule has 0 radical (unpaired) electrons. The van der Waals surface area contributed by atoms with Gasteiger partial charge in [-0.1, -0.05) is 13.0 Å². The number of ether oxygens (including phenoxy) is 1. The first-order valence-electron chi connectivity index (χ1n) is 13.0. The standard InChI is InChI=1S/C29H32FN3O4S/c1-18-12-20(27(34)32-10-4-3-5-11-32)6-7-21(18)16-37-26-9-8-22(30)13-23(26)25-17-38-29(31-25)33-14-19(2)24(15-33)28(35)36/h6-9,12-13,17,19,24H,3-5,10-11,14-16H2,1-2H3,(H,35,36). The highest BCUT2D eigenvalue weighted by Crippen LogP contribution is 2.37. The summed E-state index contributed by atoms with van der Waals surface area (Å²) in [4.78, 5) is 33.0. The van der Waals surface area contributed by atoms with Crippen molar-refractivity contribution >= 4 is 28.3 Å². The van der Waals surface area contributed by atoms with E-state index < -0.39 is 11.9 Å². The number of rotatable bonds is 7. The number of carbonyl (C=O) groups excluding carboxylic acids is 1. The van der Waals surface area contributed by atoms with Crippen molar-refractivity contribution in [1.29, 1.82) is 0 Å². The van der Waals surface area contributed by atoms with Crippen LogP contribution < -0.4 is 9.64 Å². The van der Waals surface area contributed by atoms with Crippen LogP contribution in [-0.2, 0) is 11.4 Å². The number of piperidine rings is 1. The first kappa shape index (κ1) is 26.2. The summed E-state index contributed by atoms with van der Waals surface area (Å²) in [7, 11) is 0. The Morgan fingerprint density at radius 1 is 1.13 bits per heavy atom. The molecule has 38 heavy (non-hydrogen) atoms. The Bertz CT molecular complexity index is 1340. The number of carbonyl (C=O) groups is 2. The highest BCUT2D eigenvalue weighted by Gasteiger charge is 2.36. The number of hydrogen-bond donors (Lipinski definition) is 1. The van der Waals surface area contributed by atoms with Crippen LogP contribution in [0.25, 0.3) is 11.3 Å². The van der Waals surface area contributed by atoms with Crippen LogP contribution >= 0.6 is 11.3 Å². The molecular weight excluding hydrogens is 505 g/mol. The smallest absolute Gasteiger partial charge is 0.308 e.